The first-order valence-electron chi connectivity index (χ1n) is 11.0. The van der Waals surface area contributed by atoms with Crippen molar-refractivity contribution >= 4 is 29.1 Å². The number of thioether (sulfide) groups is 1. The van der Waals surface area contributed by atoms with Crippen molar-refractivity contribution in [1.29, 1.82) is 0 Å². The van der Waals surface area contributed by atoms with Crippen molar-refractivity contribution in [3.05, 3.63) is 95.6 Å². The Morgan fingerprint density at radius 1 is 0.971 bits per heavy atom. The molecule has 0 unspecified atom stereocenters. The van der Waals surface area contributed by atoms with Crippen molar-refractivity contribution < 1.29 is 9.59 Å². The number of hydrogen-bond donors (Lipinski definition) is 1. The summed E-state index contributed by atoms with van der Waals surface area (Å²) in [6.45, 7) is 6.01. The molecule has 0 radical (unpaired) electrons. The molecule has 34 heavy (non-hydrogen) atoms. The van der Waals surface area contributed by atoms with Crippen LogP contribution in [0.1, 0.15) is 35.3 Å². The molecule has 4 aromatic rings. The second-order valence-corrected chi connectivity index (χ2v) is 9.44. The first kappa shape index (κ1) is 23.4. The molecule has 1 N–H and O–H groups in total. The average Bonchev–Trinajstić information content (AvgIpc) is 3.22. The molecule has 0 fully saturated rings. The van der Waals surface area contributed by atoms with Crippen LogP contribution in [0.4, 0.5) is 5.69 Å². The Hall–Kier alpha value is -3.71. The predicted octanol–water partition coefficient (Wildman–Crippen LogP) is 5.62. The fraction of sp³-hybridized carbons (Fsp3) is 0.185. The Morgan fingerprint density at radius 2 is 1.71 bits per heavy atom. The van der Waals surface area contributed by atoms with Crippen LogP contribution in [0, 0.1) is 6.92 Å². The van der Waals surface area contributed by atoms with Gasteiger partial charge < -0.3 is 5.32 Å². The van der Waals surface area contributed by atoms with Crippen LogP contribution in [0.15, 0.2) is 84.0 Å². The van der Waals surface area contributed by atoms with Crippen molar-refractivity contribution in [2.45, 2.75) is 37.7 Å². The highest BCUT2D eigenvalue weighted by Gasteiger charge is 2.21. The smallest absolute Gasteiger partial charge is 0.237 e. The number of aromatic nitrogens is 3. The van der Waals surface area contributed by atoms with Gasteiger partial charge in [-0.05, 0) is 56.7 Å². The lowest BCUT2D eigenvalue weighted by atomic mass is 10.1. The Bertz CT molecular complexity index is 1300. The van der Waals surface area contributed by atoms with Crippen molar-refractivity contribution in [2.24, 2.45) is 0 Å². The van der Waals surface area contributed by atoms with E-state index in [1.807, 2.05) is 50.2 Å². The summed E-state index contributed by atoms with van der Waals surface area (Å²) in [6, 6.07) is 25.2. The van der Waals surface area contributed by atoms with Gasteiger partial charge in [0.15, 0.2) is 16.8 Å². The summed E-state index contributed by atoms with van der Waals surface area (Å²) in [7, 11) is 0. The molecule has 6 nitrogen and oxygen atoms in total. The number of amides is 1. The fourth-order valence-electron chi connectivity index (χ4n) is 3.53. The van der Waals surface area contributed by atoms with E-state index < -0.39 is 5.25 Å². The largest absolute Gasteiger partial charge is 0.325 e. The number of rotatable bonds is 8. The first-order chi connectivity index (χ1) is 16.4. The van der Waals surface area contributed by atoms with E-state index in [0.717, 1.165) is 22.5 Å². The minimum atomic E-state index is -0.406. The summed E-state index contributed by atoms with van der Waals surface area (Å²) in [5.74, 6) is 0.610. The highest BCUT2D eigenvalue weighted by atomic mass is 32.2. The molecule has 3 aromatic carbocycles. The van der Waals surface area contributed by atoms with Gasteiger partial charge in [0.25, 0.3) is 0 Å². The molecule has 0 aliphatic heterocycles. The number of carbonyl (C=O) groups is 2. The molecule has 1 aromatic heterocycles. The van der Waals surface area contributed by atoms with E-state index in [0.29, 0.717) is 23.0 Å². The zero-order valence-corrected chi connectivity index (χ0v) is 20.2. The van der Waals surface area contributed by atoms with E-state index in [1.165, 1.54) is 18.7 Å². The first-order valence-corrected chi connectivity index (χ1v) is 11.9. The summed E-state index contributed by atoms with van der Waals surface area (Å²) < 4.78 is 2.06. The van der Waals surface area contributed by atoms with Crippen molar-refractivity contribution in [3.8, 4) is 11.4 Å². The lowest BCUT2D eigenvalue weighted by Crippen LogP contribution is -2.23. The predicted molar refractivity (Wildman–Crippen MR) is 136 cm³/mol. The Balaban J connectivity index is 1.56. The molecule has 0 saturated heterocycles. The summed E-state index contributed by atoms with van der Waals surface area (Å²) in [4.78, 5) is 24.3. The van der Waals surface area contributed by atoms with E-state index in [-0.39, 0.29) is 11.7 Å². The van der Waals surface area contributed by atoms with Crippen LogP contribution >= 0.6 is 11.8 Å². The van der Waals surface area contributed by atoms with Gasteiger partial charge in [0.05, 0.1) is 11.8 Å². The van der Waals surface area contributed by atoms with Crippen molar-refractivity contribution in [3.63, 3.8) is 0 Å². The number of nitrogens with one attached hydrogen (secondary N) is 1. The highest BCUT2D eigenvalue weighted by molar-refractivity contribution is 8.00. The SMILES string of the molecule is CC(=O)c1ccc(NC(=O)[C@H](C)Sc2nnc(-c3cccc(C)c3)n2Cc2ccccc2)cc1. The third-order valence-corrected chi connectivity index (χ3v) is 6.47. The van der Waals surface area contributed by atoms with Crippen LogP contribution in [-0.4, -0.2) is 31.7 Å². The molecule has 1 atom stereocenters. The molecule has 0 saturated carbocycles. The Kier molecular flexibility index (Phi) is 7.23. The number of hydrogen-bond acceptors (Lipinski definition) is 5. The second-order valence-electron chi connectivity index (χ2n) is 8.13. The number of carbonyl (C=O) groups excluding carboxylic acids is 2. The van der Waals surface area contributed by atoms with Gasteiger partial charge in [0, 0.05) is 16.8 Å². The molecule has 7 heteroatoms. The molecular weight excluding hydrogens is 444 g/mol. The standard InChI is InChI=1S/C27H26N4O2S/c1-18-8-7-11-23(16-18)25-29-30-27(31(25)17-21-9-5-4-6-10-21)34-20(3)26(33)28-24-14-12-22(13-15-24)19(2)32/h4-16,20H,17H2,1-3H3,(H,28,33)/t20-/m0/s1. The van der Waals surface area contributed by atoms with Crippen molar-refractivity contribution in [2.75, 3.05) is 5.32 Å². The van der Waals surface area contributed by atoms with Gasteiger partial charge in [-0.3, -0.25) is 14.2 Å². The summed E-state index contributed by atoms with van der Waals surface area (Å²) >= 11 is 1.37. The van der Waals surface area contributed by atoms with Gasteiger partial charge in [-0.2, -0.15) is 0 Å². The fourth-order valence-corrected chi connectivity index (χ4v) is 4.37. The van der Waals surface area contributed by atoms with Crippen LogP contribution in [0.3, 0.4) is 0 Å². The number of aryl methyl sites for hydroxylation is 1. The summed E-state index contributed by atoms with van der Waals surface area (Å²) in [5, 5.41) is 12.1. The normalized spacial score (nSPS) is 11.7. The Labute approximate surface area is 203 Å². The third kappa shape index (κ3) is 5.61. The van der Waals surface area contributed by atoms with Gasteiger partial charge in [0.2, 0.25) is 5.91 Å². The highest BCUT2D eigenvalue weighted by Crippen LogP contribution is 2.29. The second kappa shape index (κ2) is 10.5. The van der Waals surface area contributed by atoms with E-state index >= 15 is 0 Å². The minimum Gasteiger partial charge on any atom is -0.325 e. The molecule has 1 heterocycles. The Morgan fingerprint density at radius 3 is 2.38 bits per heavy atom. The van der Waals surface area contributed by atoms with Gasteiger partial charge in [-0.1, -0.05) is 65.9 Å². The topological polar surface area (TPSA) is 76.9 Å². The lowest BCUT2D eigenvalue weighted by molar-refractivity contribution is -0.115. The van der Waals surface area contributed by atoms with E-state index in [9.17, 15) is 9.59 Å². The minimum absolute atomic E-state index is 0.0102. The van der Waals surface area contributed by atoms with Crippen LogP contribution in [0.5, 0.6) is 0 Å². The van der Waals surface area contributed by atoms with Crippen LogP contribution in [0.25, 0.3) is 11.4 Å². The zero-order valence-electron chi connectivity index (χ0n) is 19.4. The number of benzene rings is 3. The van der Waals surface area contributed by atoms with E-state index in [1.54, 1.807) is 24.3 Å². The summed E-state index contributed by atoms with van der Waals surface area (Å²) in [5.41, 5.74) is 4.51. The molecule has 0 spiro atoms. The summed E-state index contributed by atoms with van der Waals surface area (Å²) in [6.07, 6.45) is 0. The van der Waals surface area contributed by atoms with Crippen LogP contribution in [-0.2, 0) is 11.3 Å². The molecule has 0 aliphatic rings. The molecular formula is C27H26N4O2S. The average molecular weight is 471 g/mol. The number of anilines is 1. The van der Waals surface area contributed by atoms with Gasteiger partial charge in [0.1, 0.15) is 0 Å². The van der Waals surface area contributed by atoms with Gasteiger partial charge in [-0.15, -0.1) is 10.2 Å². The zero-order chi connectivity index (χ0) is 24.1. The number of Topliss-reactive ketones (excluding diaryl/α,β-unsaturated/α-hetero) is 1. The molecule has 0 bridgehead atoms. The molecule has 4 rings (SSSR count). The number of nitrogens with zero attached hydrogens (tertiary/aromatic N) is 3. The quantitative estimate of drug-likeness (QED) is 0.267. The van der Waals surface area contributed by atoms with E-state index in [2.05, 4.69) is 38.3 Å². The molecule has 0 aliphatic carbocycles. The van der Waals surface area contributed by atoms with Crippen molar-refractivity contribution in [1.82, 2.24) is 14.8 Å². The lowest BCUT2D eigenvalue weighted by Gasteiger charge is -2.14. The maximum atomic E-state index is 12.9. The van der Waals surface area contributed by atoms with Crippen LogP contribution in [0.2, 0.25) is 0 Å². The maximum absolute atomic E-state index is 12.9. The van der Waals surface area contributed by atoms with Gasteiger partial charge in [-0.25, -0.2) is 0 Å². The van der Waals surface area contributed by atoms with E-state index in [4.69, 9.17) is 0 Å². The molecule has 172 valence electrons. The monoisotopic (exact) mass is 470 g/mol. The van der Waals surface area contributed by atoms with Gasteiger partial charge >= 0.3 is 0 Å². The maximum Gasteiger partial charge on any atom is 0.237 e. The third-order valence-electron chi connectivity index (χ3n) is 5.39. The van der Waals surface area contributed by atoms with Crippen LogP contribution < -0.4 is 5.32 Å². The molecule has 1 amide bonds. The number of ketones is 1.